The van der Waals surface area contributed by atoms with Crippen LogP contribution in [0.3, 0.4) is 0 Å². The monoisotopic (exact) mass is 413 g/mol. The van der Waals surface area contributed by atoms with E-state index in [9.17, 15) is 14.4 Å². The van der Waals surface area contributed by atoms with E-state index < -0.39 is 17.5 Å². The fraction of sp³-hybridized carbons (Fsp3) is 0.318. The maximum atomic E-state index is 12.7. The van der Waals surface area contributed by atoms with E-state index in [1.807, 2.05) is 49.4 Å². The second kappa shape index (κ2) is 8.66. The summed E-state index contributed by atoms with van der Waals surface area (Å²) >= 11 is 5.96. The smallest absolute Gasteiger partial charge is 0.325 e. The number of nitrogens with one attached hydrogen (secondary N) is 2. The molecule has 152 valence electrons. The molecule has 1 aliphatic rings. The molecule has 0 unspecified atom stereocenters. The van der Waals surface area contributed by atoms with Crippen LogP contribution in [-0.2, 0) is 16.0 Å². The maximum absolute atomic E-state index is 12.7. The van der Waals surface area contributed by atoms with Crippen molar-refractivity contribution in [2.45, 2.75) is 38.3 Å². The van der Waals surface area contributed by atoms with Gasteiger partial charge in [-0.3, -0.25) is 14.5 Å². The first kappa shape index (κ1) is 20.9. The molecule has 0 aliphatic carbocycles. The third kappa shape index (κ3) is 4.77. The van der Waals surface area contributed by atoms with Crippen molar-refractivity contribution in [3.8, 4) is 0 Å². The highest BCUT2D eigenvalue weighted by atomic mass is 35.5. The molecule has 0 spiro atoms. The molecule has 2 aromatic carbocycles. The van der Waals surface area contributed by atoms with Crippen molar-refractivity contribution in [1.29, 1.82) is 0 Å². The molecular weight excluding hydrogens is 390 g/mol. The van der Waals surface area contributed by atoms with Crippen LogP contribution >= 0.6 is 11.6 Å². The van der Waals surface area contributed by atoms with Gasteiger partial charge >= 0.3 is 6.03 Å². The van der Waals surface area contributed by atoms with Crippen LogP contribution in [0.4, 0.5) is 4.79 Å². The number of nitrogens with zero attached hydrogens (tertiary/aromatic N) is 1. The van der Waals surface area contributed by atoms with Crippen molar-refractivity contribution in [3.05, 3.63) is 70.7 Å². The second-order valence-corrected chi connectivity index (χ2v) is 7.80. The van der Waals surface area contributed by atoms with Gasteiger partial charge in [0.15, 0.2) is 0 Å². The van der Waals surface area contributed by atoms with E-state index in [0.29, 0.717) is 17.9 Å². The second-order valence-electron chi connectivity index (χ2n) is 7.37. The summed E-state index contributed by atoms with van der Waals surface area (Å²) in [6.07, 6.45) is 1.01. The number of rotatable bonds is 7. The number of carbonyl (C=O) groups excluding carboxylic acids is 3. The minimum Gasteiger partial charge on any atom is -0.347 e. The van der Waals surface area contributed by atoms with Crippen molar-refractivity contribution >= 4 is 29.4 Å². The Bertz CT molecular complexity index is 901. The van der Waals surface area contributed by atoms with Crippen LogP contribution in [0.15, 0.2) is 54.6 Å². The zero-order chi connectivity index (χ0) is 21.0. The maximum Gasteiger partial charge on any atom is 0.325 e. The molecule has 2 atom stereocenters. The Kier molecular flexibility index (Phi) is 6.23. The zero-order valence-corrected chi connectivity index (χ0v) is 17.2. The molecule has 1 fully saturated rings. The third-order valence-corrected chi connectivity index (χ3v) is 5.50. The van der Waals surface area contributed by atoms with Gasteiger partial charge in [-0.05, 0) is 43.0 Å². The molecular formula is C22H24ClN3O3. The summed E-state index contributed by atoms with van der Waals surface area (Å²) < 4.78 is 0. The van der Waals surface area contributed by atoms with Crippen LogP contribution in [0.2, 0.25) is 5.02 Å². The molecule has 2 N–H and O–H groups in total. The van der Waals surface area contributed by atoms with Gasteiger partial charge in [-0.1, -0.05) is 61.0 Å². The summed E-state index contributed by atoms with van der Waals surface area (Å²) in [5, 5.41) is 6.27. The van der Waals surface area contributed by atoms with E-state index in [4.69, 9.17) is 11.6 Å². The predicted molar refractivity (Wildman–Crippen MR) is 111 cm³/mol. The zero-order valence-electron chi connectivity index (χ0n) is 16.4. The Morgan fingerprint density at radius 3 is 2.38 bits per heavy atom. The molecule has 3 rings (SSSR count). The van der Waals surface area contributed by atoms with E-state index in [2.05, 4.69) is 10.6 Å². The van der Waals surface area contributed by atoms with Crippen LogP contribution in [0.25, 0.3) is 0 Å². The molecule has 1 saturated heterocycles. The van der Waals surface area contributed by atoms with Gasteiger partial charge in [-0.15, -0.1) is 0 Å². The van der Waals surface area contributed by atoms with Gasteiger partial charge in [-0.25, -0.2) is 4.79 Å². The average Bonchev–Trinajstić information content (AvgIpc) is 2.93. The third-order valence-electron chi connectivity index (χ3n) is 5.24. The van der Waals surface area contributed by atoms with Crippen LogP contribution < -0.4 is 10.6 Å². The summed E-state index contributed by atoms with van der Waals surface area (Å²) in [6, 6.07) is 16.2. The van der Waals surface area contributed by atoms with Gasteiger partial charge in [0, 0.05) is 5.02 Å². The Balaban J connectivity index is 1.74. The van der Waals surface area contributed by atoms with E-state index in [1.165, 1.54) is 0 Å². The first-order valence-corrected chi connectivity index (χ1v) is 9.93. The number of urea groups is 1. The fourth-order valence-corrected chi connectivity index (χ4v) is 3.43. The summed E-state index contributed by atoms with van der Waals surface area (Å²) in [7, 11) is 0. The first-order valence-electron chi connectivity index (χ1n) is 9.55. The lowest BCUT2D eigenvalue weighted by atomic mass is 9.98. The number of hydrogen-bond acceptors (Lipinski definition) is 3. The molecule has 29 heavy (non-hydrogen) atoms. The summed E-state index contributed by atoms with van der Waals surface area (Å²) in [5.41, 5.74) is 0.989. The number of imide groups is 1. The van der Waals surface area contributed by atoms with E-state index in [-0.39, 0.29) is 18.5 Å². The summed E-state index contributed by atoms with van der Waals surface area (Å²) in [4.78, 5) is 38.4. The van der Waals surface area contributed by atoms with Gasteiger partial charge in [0.2, 0.25) is 5.91 Å². The van der Waals surface area contributed by atoms with Gasteiger partial charge in [0.05, 0.1) is 6.04 Å². The number of hydrogen-bond donors (Lipinski definition) is 2. The highest BCUT2D eigenvalue weighted by molar-refractivity contribution is 6.30. The molecule has 6 nitrogen and oxygen atoms in total. The average molecular weight is 414 g/mol. The first-order chi connectivity index (χ1) is 13.8. The molecule has 1 heterocycles. The van der Waals surface area contributed by atoms with Crippen LogP contribution in [-0.4, -0.2) is 34.8 Å². The van der Waals surface area contributed by atoms with Crippen molar-refractivity contribution in [2.24, 2.45) is 0 Å². The van der Waals surface area contributed by atoms with E-state index in [0.717, 1.165) is 16.0 Å². The minimum absolute atomic E-state index is 0.303. The standard InChI is InChI=1S/C22H24ClN3O3/c1-3-22(2)20(28)26(21(29)25-22)14-19(27)24-18(16-7-5-4-6-8-16)13-15-9-11-17(23)12-10-15/h4-12,18H,3,13-14H2,1-2H3,(H,24,27)(H,25,29)/t18-,22+/m0/s1. The van der Waals surface area contributed by atoms with Crippen LogP contribution in [0, 0.1) is 0 Å². The molecule has 4 amide bonds. The molecule has 0 saturated carbocycles. The molecule has 0 bridgehead atoms. The Morgan fingerprint density at radius 2 is 1.79 bits per heavy atom. The van der Waals surface area contributed by atoms with E-state index in [1.54, 1.807) is 19.1 Å². The number of halogens is 1. The quantitative estimate of drug-likeness (QED) is 0.682. The molecule has 2 aromatic rings. The van der Waals surface area contributed by atoms with E-state index >= 15 is 0 Å². The van der Waals surface area contributed by atoms with Crippen LogP contribution in [0.1, 0.15) is 37.4 Å². The van der Waals surface area contributed by atoms with Crippen molar-refractivity contribution in [1.82, 2.24) is 15.5 Å². The molecule has 1 aliphatic heterocycles. The Labute approximate surface area is 175 Å². The number of amides is 4. The normalized spacial score (nSPS) is 19.8. The SMILES string of the molecule is CC[C@@]1(C)NC(=O)N(CC(=O)N[C@@H](Cc2ccc(Cl)cc2)c2ccccc2)C1=O. The summed E-state index contributed by atoms with van der Waals surface area (Å²) in [5.74, 6) is -0.772. The van der Waals surface area contributed by atoms with Crippen molar-refractivity contribution < 1.29 is 14.4 Å². The van der Waals surface area contributed by atoms with Crippen LogP contribution in [0.5, 0.6) is 0 Å². The molecule has 0 radical (unpaired) electrons. The number of carbonyl (C=O) groups is 3. The Hall–Kier alpha value is -2.86. The molecule has 0 aromatic heterocycles. The van der Waals surface area contributed by atoms with Gasteiger partial charge < -0.3 is 10.6 Å². The lowest BCUT2D eigenvalue weighted by molar-refractivity contribution is -0.134. The lowest BCUT2D eigenvalue weighted by Crippen LogP contribution is -2.45. The van der Waals surface area contributed by atoms with Crippen molar-refractivity contribution in [2.75, 3.05) is 6.54 Å². The van der Waals surface area contributed by atoms with Gasteiger partial charge in [-0.2, -0.15) is 0 Å². The molecule has 7 heteroatoms. The largest absolute Gasteiger partial charge is 0.347 e. The topological polar surface area (TPSA) is 78.5 Å². The van der Waals surface area contributed by atoms with Gasteiger partial charge in [0.25, 0.3) is 5.91 Å². The van der Waals surface area contributed by atoms with Gasteiger partial charge in [0.1, 0.15) is 12.1 Å². The lowest BCUT2D eigenvalue weighted by Gasteiger charge is -2.22. The predicted octanol–water partition coefficient (Wildman–Crippen LogP) is 3.46. The van der Waals surface area contributed by atoms with Crippen molar-refractivity contribution in [3.63, 3.8) is 0 Å². The summed E-state index contributed by atoms with van der Waals surface area (Å²) in [6.45, 7) is 3.17. The highest BCUT2D eigenvalue weighted by Gasteiger charge is 2.47. The fourth-order valence-electron chi connectivity index (χ4n) is 3.31. The minimum atomic E-state index is -0.959. The Morgan fingerprint density at radius 1 is 1.14 bits per heavy atom. The highest BCUT2D eigenvalue weighted by Crippen LogP contribution is 2.22. The number of benzene rings is 2.